The van der Waals surface area contributed by atoms with Crippen LogP contribution >= 0.6 is 0 Å². The molecule has 10 rings (SSSR count). The molecule has 7 aliphatic rings. The summed E-state index contributed by atoms with van der Waals surface area (Å²) < 4.78 is 12.5. The van der Waals surface area contributed by atoms with Gasteiger partial charge in [-0.3, -0.25) is 4.79 Å². The average molecular weight is 649 g/mol. The van der Waals surface area contributed by atoms with Gasteiger partial charge in [0.05, 0.1) is 5.41 Å². The van der Waals surface area contributed by atoms with Crippen LogP contribution in [0.15, 0.2) is 72.8 Å². The highest BCUT2D eigenvalue weighted by Crippen LogP contribution is 2.67. The fraction of sp³-hybridized carbons (Fsp3) is 0.500. The highest BCUT2D eigenvalue weighted by molar-refractivity contribution is 5.83. The van der Waals surface area contributed by atoms with Gasteiger partial charge in [-0.2, -0.15) is 9.78 Å². The van der Waals surface area contributed by atoms with E-state index in [2.05, 4.69) is 34.9 Å². The predicted octanol–water partition coefficient (Wildman–Crippen LogP) is 7.50. The fourth-order valence-corrected chi connectivity index (χ4v) is 10.3. The van der Waals surface area contributed by atoms with Crippen LogP contribution in [0.2, 0.25) is 0 Å². The molecular formula is C40H44N2O6. The van der Waals surface area contributed by atoms with Crippen LogP contribution in [-0.4, -0.2) is 30.2 Å². The SMILES string of the molecule is O=C(NCc1cccc(CNC(=O)C23CC4C[C@H](C2)C2(OOC5(CCCCC5)O2)[C@@H](C4)C3)c1)OCC1c2ccccc2-c2ccccc21. The second-order valence-electron chi connectivity index (χ2n) is 15.3. The second-order valence-corrected chi connectivity index (χ2v) is 15.3. The normalized spacial score (nSPS) is 30.7. The Bertz CT molecular complexity index is 1670. The molecule has 2 spiro atoms. The standard InChI is InChI=1S/C40H44N2O6/c43-36(38-20-28-18-29(21-38)40(30(19-28)22-38)46-39(47-48-40)15-6-1-7-16-39)41-23-26-9-8-10-27(17-26)24-42-37(44)45-25-35-33-13-4-2-11-31(33)32-12-3-5-14-34(32)35/h2-5,8-14,17,28-30,35H,1,6-7,15-16,18-25H2,(H,41,43)(H,42,44)/t28?,29-,30+,38?,40?. The van der Waals surface area contributed by atoms with E-state index in [0.717, 1.165) is 68.9 Å². The Kier molecular flexibility index (Phi) is 7.40. The minimum Gasteiger partial charge on any atom is -0.449 e. The number of nitrogens with one attached hydrogen (secondary N) is 2. The van der Waals surface area contributed by atoms with Crippen LogP contribution in [-0.2, 0) is 37.1 Å². The third kappa shape index (κ3) is 5.06. The molecule has 250 valence electrons. The van der Waals surface area contributed by atoms with Gasteiger partial charge in [0.25, 0.3) is 0 Å². The first kappa shape index (κ1) is 30.3. The van der Waals surface area contributed by atoms with E-state index in [4.69, 9.17) is 19.2 Å². The molecule has 6 fully saturated rings. The van der Waals surface area contributed by atoms with Crippen molar-refractivity contribution in [3.05, 3.63) is 95.1 Å². The Morgan fingerprint density at radius 1 is 0.750 bits per heavy atom. The number of benzene rings is 3. The lowest BCUT2D eigenvalue weighted by Gasteiger charge is -2.61. The highest BCUT2D eigenvalue weighted by Gasteiger charge is 2.70. The quantitative estimate of drug-likeness (QED) is 0.258. The molecule has 3 aromatic carbocycles. The lowest BCUT2D eigenvalue weighted by Crippen LogP contribution is -2.65. The van der Waals surface area contributed by atoms with Crippen molar-refractivity contribution >= 4 is 12.0 Å². The van der Waals surface area contributed by atoms with E-state index in [9.17, 15) is 9.59 Å². The first-order chi connectivity index (χ1) is 23.4. The number of carbonyl (C=O) groups excluding carboxylic acids is 2. The highest BCUT2D eigenvalue weighted by atomic mass is 17.3. The molecule has 8 heteroatoms. The summed E-state index contributed by atoms with van der Waals surface area (Å²) in [6, 6.07) is 24.7. The monoisotopic (exact) mass is 648 g/mol. The van der Waals surface area contributed by atoms with Gasteiger partial charge in [-0.05, 0) is 84.2 Å². The van der Waals surface area contributed by atoms with Gasteiger partial charge in [0, 0.05) is 43.7 Å². The van der Waals surface area contributed by atoms with Crippen LogP contribution in [0.5, 0.6) is 0 Å². The molecule has 0 aromatic heterocycles. The minimum absolute atomic E-state index is 0.0228. The molecule has 2 amide bonds. The summed E-state index contributed by atoms with van der Waals surface area (Å²) in [5, 5.41) is 6.20. The van der Waals surface area contributed by atoms with Crippen LogP contribution < -0.4 is 10.6 Å². The third-order valence-electron chi connectivity index (χ3n) is 12.3. The molecule has 4 bridgehead atoms. The van der Waals surface area contributed by atoms with Gasteiger partial charge in [-0.1, -0.05) is 79.2 Å². The number of amides is 2. The van der Waals surface area contributed by atoms with E-state index in [0.29, 0.717) is 19.0 Å². The fourth-order valence-electron chi connectivity index (χ4n) is 10.3. The van der Waals surface area contributed by atoms with Crippen molar-refractivity contribution in [1.29, 1.82) is 0 Å². The maximum Gasteiger partial charge on any atom is 0.407 e. The number of carbonyl (C=O) groups is 2. The molecule has 1 aliphatic heterocycles. The minimum atomic E-state index is -0.688. The van der Waals surface area contributed by atoms with Crippen molar-refractivity contribution in [1.82, 2.24) is 10.6 Å². The number of fused-ring (bicyclic) bond motifs is 3. The zero-order valence-corrected chi connectivity index (χ0v) is 27.4. The Hall–Kier alpha value is -3.72. The number of hydrogen-bond acceptors (Lipinski definition) is 6. The topological polar surface area (TPSA) is 95.1 Å². The number of ether oxygens (including phenoxy) is 2. The molecule has 48 heavy (non-hydrogen) atoms. The molecule has 5 saturated carbocycles. The molecule has 2 N–H and O–H groups in total. The Balaban J connectivity index is 0.793. The molecule has 1 saturated heterocycles. The summed E-state index contributed by atoms with van der Waals surface area (Å²) in [4.78, 5) is 38.9. The smallest absolute Gasteiger partial charge is 0.407 e. The number of alkyl carbamates (subject to hydrolysis) is 1. The molecule has 1 heterocycles. The zero-order chi connectivity index (χ0) is 32.3. The van der Waals surface area contributed by atoms with Gasteiger partial charge in [-0.25, -0.2) is 4.79 Å². The van der Waals surface area contributed by atoms with Gasteiger partial charge in [0.2, 0.25) is 17.5 Å². The van der Waals surface area contributed by atoms with Crippen molar-refractivity contribution in [2.75, 3.05) is 6.61 Å². The van der Waals surface area contributed by atoms with Crippen LogP contribution in [0.1, 0.15) is 92.4 Å². The van der Waals surface area contributed by atoms with E-state index >= 15 is 0 Å². The maximum atomic E-state index is 13.9. The van der Waals surface area contributed by atoms with Crippen molar-refractivity contribution in [3.8, 4) is 11.1 Å². The third-order valence-corrected chi connectivity index (χ3v) is 12.3. The van der Waals surface area contributed by atoms with Crippen molar-refractivity contribution < 1.29 is 28.8 Å². The number of hydrogen-bond donors (Lipinski definition) is 2. The lowest BCUT2D eigenvalue weighted by atomic mass is 9.47. The maximum absolute atomic E-state index is 13.9. The van der Waals surface area contributed by atoms with Crippen LogP contribution in [0.3, 0.4) is 0 Å². The van der Waals surface area contributed by atoms with Crippen LogP contribution in [0.4, 0.5) is 4.79 Å². The summed E-state index contributed by atoms with van der Waals surface area (Å²) in [6.45, 7) is 1.08. The van der Waals surface area contributed by atoms with E-state index in [1.54, 1.807) is 0 Å². The molecule has 5 atom stereocenters. The number of rotatable bonds is 7. The van der Waals surface area contributed by atoms with Gasteiger partial charge in [0.1, 0.15) is 6.61 Å². The van der Waals surface area contributed by atoms with Crippen molar-refractivity contribution in [2.45, 2.75) is 94.8 Å². The molecule has 3 unspecified atom stereocenters. The average Bonchev–Trinajstić information content (AvgIpc) is 3.64. The summed E-state index contributed by atoms with van der Waals surface area (Å²) in [5.74, 6) is -0.215. The summed E-state index contributed by atoms with van der Waals surface area (Å²) in [6.07, 6.45) is 9.39. The van der Waals surface area contributed by atoms with E-state index in [1.165, 1.54) is 28.7 Å². The summed E-state index contributed by atoms with van der Waals surface area (Å²) in [5.41, 5.74) is 6.38. The molecule has 3 aromatic rings. The van der Waals surface area contributed by atoms with Gasteiger partial charge in [0.15, 0.2) is 0 Å². The lowest BCUT2D eigenvalue weighted by molar-refractivity contribution is -0.393. The zero-order valence-electron chi connectivity index (χ0n) is 27.4. The van der Waals surface area contributed by atoms with Crippen molar-refractivity contribution in [3.63, 3.8) is 0 Å². The van der Waals surface area contributed by atoms with Crippen LogP contribution in [0, 0.1) is 23.2 Å². The first-order valence-electron chi connectivity index (χ1n) is 18.0. The van der Waals surface area contributed by atoms with E-state index in [-0.39, 0.29) is 35.7 Å². The van der Waals surface area contributed by atoms with Crippen LogP contribution in [0.25, 0.3) is 11.1 Å². The van der Waals surface area contributed by atoms with Crippen molar-refractivity contribution in [2.24, 2.45) is 23.2 Å². The van der Waals surface area contributed by atoms with Gasteiger partial charge >= 0.3 is 6.09 Å². The Labute approximate surface area is 281 Å². The Morgan fingerprint density at radius 2 is 1.40 bits per heavy atom. The first-order valence-corrected chi connectivity index (χ1v) is 18.0. The Morgan fingerprint density at radius 3 is 2.08 bits per heavy atom. The molecular weight excluding hydrogens is 604 g/mol. The van der Waals surface area contributed by atoms with Gasteiger partial charge in [-0.15, -0.1) is 0 Å². The summed E-state index contributed by atoms with van der Waals surface area (Å²) in [7, 11) is 0. The summed E-state index contributed by atoms with van der Waals surface area (Å²) >= 11 is 0. The second kappa shape index (κ2) is 11.7. The largest absolute Gasteiger partial charge is 0.449 e. The van der Waals surface area contributed by atoms with E-state index in [1.807, 2.05) is 48.5 Å². The predicted molar refractivity (Wildman–Crippen MR) is 178 cm³/mol. The van der Waals surface area contributed by atoms with E-state index < -0.39 is 17.7 Å². The molecule has 8 nitrogen and oxygen atoms in total. The molecule has 0 radical (unpaired) electrons. The van der Waals surface area contributed by atoms with Gasteiger partial charge < -0.3 is 20.1 Å². The molecule has 6 aliphatic carbocycles.